The van der Waals surface area contributed by atoms with Crippen LogP contribution in [0.5, 0.6) is 0 Å². The molecule has 0 N–H and O–H groups in total. The Hall–Kier alpha value is -2.14. The van der Waals surface area contributed by atoms with Gasteiger partial charge in [0.2, 0.25) is 0 Å². The maximum atomic E-state index is 12.7. The Kier molecular flexibility index (Phi) is 6.78. The average Bonchev–Trinajstić information content (AvgIpc) is 3.30. The third-order valence-electron chi connectivity index (χ3n) is 5.45. The molecule has 1 aromatic heterocycles. The first-order valence-electron chi connectivity index (χ1n) is 10.3. The molecule has 3 rings (SSSR count). The molecule has 1 heterocycles. The SMILES string of the molecule is Cc1ncsc1-c1ccc(C/N=C/C(=O)C2CCCC2C(=O)CC(C)(C)C)cc1. The van der Waals surface area contributed by atoms with E-state index in [1.54, 1.807) is 11.3 Å². The van der Waals surface area contributed by atoms with Gasteiger partial charge in [0.25, 0.3) is 0 Å². The van der Waals surface area contributed by atoms with Crippen LogP contribution in [0.15, 0.2) is 34.8 Å². The van der Waals surface area contributed by atoms with E-state index in [1.807, 2.05) is 24.6 Å². The molecule has 1 aromatic carbocycles. The van der Waals surface area contributed by atoms with Gasteiger partial charge in [0, 0.05) is 18.3 Å². The van der Waals surface area contributed by atoms with Gasteiger partial charge in [-0.2, -0.15) is 0 Å². The van der Waals surface area contributed by atoms with Gasteiger partial charge in [0.15, 0.2) is 5.78 Å². The number of ketones is 2. The Balaban J connectivity index is 1.57. The molecule has 1 aliphatic carbocycles. The van der Waals surface area contributed by atoms with Crippen molar-refractivity contribution in [1.29, 1.82) is 0 Å². The van der Waals surface area contributed by atoms with Crippen molar-refractivity contribution in [2.45, 2.75) is 59.9 Å². The molecule has 0 aliphatic heterocycles. The molecule has 4 nitrogen and oxygen atoms in total. The summed E-state index contributed by atoms with van der Waals surface area (Å²) in [6.45, 7) is 8.69. The van der Waals surface area contributed by atoms with Crippen LogP contribution in [0.3, 0.4) is 0 Å². The van der Waals surface area contributed by atoms with Crippen LogP contribution in [0, 0.1) is 24.2 Å². The highest BCUT2D eigenvalue weighted by molar-refractivity contribution is 7.13. The summed E-state index contributed by atoms with van der Waals surface area (Å²) in [5, 5.41) is 0. The van der Waals surface area contributed by atoms with E-state index >= 15 is 0 Å². The van der Waals surface area contributed by atoms with Gasteiger partial charge in [-0.3, -0.25) is 14.6 Å². The summed E-state index contributed by atoms with van der Waals surface area (Å²) in [6.07, 6.45) is 4.56. The van der Waals surface area contributed by atoms with Crippen LogP contribution in [-0.2, 0) is 16.1 Å². The smallest absolute Gasteiger partial charge is 0.177 e. The number of hydrogen-bond donors (Lipinski definition) is 0. The van der Waals surface area contributed by atoms with Crippen LogP contribution in [-0.4, -0.2) is 22.8 Å². The van der Waals surface area contributed by atoms with E-state index < -0.39 is 0 Å². The fourth-order valence-electron chi connectivity index (χ4n) is 4.02. The summed E-state index contributed by atoms with van der Waals surface area (Å²) in [7, 11) is 0. The lowest BCUT2D eigenvalue weighted by atomic mass is 9.81. The summed E-state index contributed by atoms with van der Waals surface area (Å²) in [5.74, 6) is -0.0808. The van der Waals surface area contributed by atoms with Crippen LogP contribution in [0.4, 0.5) is 0 Å². The van der Waals surface area contributed by atoms with E-state index in [4.69, 9.17) is 0 Å². The molecule has 2 aromatic rings. The van der Waals surface area contributed by atoms with Crippen molar-refractivity contribution in [1.82, 2.24) is 4.98 Å². The molecular formula is C24H30N2O2S. The first kappa shape index (κ1) is 21.6. The van der Waals surface area contributed by atoms with Crippen LogP contribution in [0.25, 0.3) is 10.4 Å². The second-order valence-corrected chi connectivity index (χ2v) is 10.0. The van der Waals surface area contributed by atoms with E-state index in [0.29, 0.717) is 13.0 Å². The van der Waals surface area contributed by atoms with Crippen molar-refractivity contribution >= 4 is 29.1 Å². The average molecular weight is 411 g/mol. The molecular weight excluding hydrogens is 380 g/mol. The molecule has 0 amide bonds. The molecule has 1 fully saturated rings. The molecule has 0 bridgehead atoms. The maximum Gasteiger partial charge on any atom is 0.177 e. The predicted octanol–water partition coefficient (Wildman–Crippen LogP) is 5.68. The molecule has 2 atom stereocenters. The van der Waals surface area contributed by atoms with Crippen molar-refractivity contribution in [3.63, 3.8) is 0 Å². The number of Topliss-reactive ketones (excluding diaryl/α,β-unsaturated/α-hetero) is 2. The maximum absolute atomic E-state index is 12.7. The molecule has 0 saturated heterocycles. The summed E-state index contributed by atoms with van der Waals surface area (Å²) in [6, 6.07) is 8.24. The van der Waals surface area contributed by atoms with Gasteiger partial charge in [-0.25, -0.2) is 4.98 Å². The second-order valence-electron chi connectivity index (χ2n) is 9.18. The number of aliphatic imine (C=N–C) groups is 1. The highest BCUT2D eigenvalue weighted by atomic mass is 32.1. The summed E-state index contributed by atoms with van der Waals surface area (Å²) >= 11 is 1.64. The highest BCUT2D eigenvalue weighted by Gasteiger charge is 2.37. The fourth-order valence-corrected chi connectivity index (χ4v) is 4.83. The van der Waals surface area contributed by atoms with Gasteiger partial charge < -0.3 is 0 Å². The Bertz CT molecular complexity index is 890. The topological polar surface area (TPSA) is 59.4 Å². The van der Waals surface area contributed by atoms with Crippen molar-refractivity contribution in [3.8, 4) is 10.4 Å². The van der Waals surface area contributed by atoms with E-state index in [0.717, 1.165) is 36.1 Å². The quantitative estimate of drug-likeness (QED) is 0.552. The third kappa shape index (κ3) is 5.69. The van der Waals surface area contributed by atoms with Gasteiger partial charge in [-0.05, 0) is 36.3 Å². The van der Waals surface area contributed by atoms with Crippen LogP contribution in [0.2, 0.25) is 0 Å². The molecule has 0 radical (unpaired) electrons. The van der Waals surface area contributed by atoms with Gasteiger partial charge in [0.05, 0.1) is 28.8 Å². The number of aryl methyl sites for hydroxylation is 1. The van der Waals surface area contributed by atoms with Crippen molar-refractivity contribution < 1.29 is 9.59 Å². The van der Waals surface area contributed by atoms with Gasteiger partial charge >= 0.3 is 0 Å². The standard InChI is InChI=1S/C24H30N2O2S/c1-16-23(29-15-26-16)18-10-8-17(9-11-18)13-25-14-22(28)20-7-5-6-19(20)21(27)12-24(2,3)4/h8-11,14-15,19-20H,5-7,12-13H2,1-4H3/b25-14+. The molecule has 2 unspecified atom stereocenters. The van der Waals surface area contributed by atoms with E-state index in [1.165, 1.54) is 11.1 Å². The van der Waals surface area contributed by atoms with E-state index in [2.05, 4.69) is 42.9 Å². The Labute approximate surface area is 177 Å². The predicted molar refractivity (Wildman–Crippen MR) is 119 cm³/mol. The molecule has 1 saturated carbocycles. The number of thiazole rings is 1. The van der Waals surface area contributed by atoms with Crippen molar-refractivity contribution in [3.05, 3.63) is 41.0 Å². The minimum Gasteiger partial charge on any atom is -0.299 e. The van der Waals surface area contributed by atoms with Gasteiger partial charge in [0.1, 0.15) is 5.78 Å². The van der Waals surface area contributed by atoms with E-state index in [9.17, 15) is 9.59 Å². The van der Waals surface area contributed by atoms with Crippen LogP contribution < -0.4 is 0 Å². The normalized spacial score (nSPS) is 19.7. The lowest BCUT2D eigenvalue weighted by Crippen LogP contribution is -2.28. The molecule has 5 heteroatoms. The summed E-state index contributed by atoms with van der Waals surface area (Å²) in [5.41, 5.74) is 5.08. The number of nitrogens with zero attached hydrogens (tertiary/aromatic N) is 2. The zero-order valence-corrected chi connectivity index (χ0v) is 18.6. The minimum atomic E-state index is -0.190. The summed E-state index contributed by atoms with van der Waals surface area (Å²) in [4.78, 5) is 35.1. The molecule has 0 spiro atoms. The molecule has 1 aliphatic rings. The third-order valence-corrected chi connectivity index (χ3v) is 6.43. The zero-order chi connectivity index (χ0) is 21.0. The van der Waals surface area contributed by atoms with Gasteiger partial charge in [-0.15, -0.1) is 11.3 Å². The van der Waals surface area contributed by atoms with Crippen LogP contribution in [0.1, 0.15) is 57.7 Å². The molecule has 154 valence electrons. The number of carbonyl (C=O) groups excluding carboxylic acids is 2. The number of benzene rings is 1. The zero-order valence-electron chi connectivity index (χ0n) is 17.8. The van der Waals surface area contributed by atoms with Gasteiger partial charge in [-0.1, -0.05) is 51.5 Å². The molecule has 29 heavy (non-hydrogen) atoms. The second kappa shape index (κ2) is 9.12. The highest BCUT2D eigenvalue weighted by Crippen LogP contribution is 2.36. The number of carbonyl (C=O) groups is 2. The Morgan fingerprint density at radius 3 is 2.48 bits per heavy atom. The lowest BCUT2D eigenvalue weighted by Gasteiger charge is -2.22. The fraction of sp³-hybridized carbons (Fsp3) is 0.500. The summed E-state index contributed by atoms with van der Waals surface area (Å²) < 4.78 is 0. The minimum absolute atomic E-state index is 0.00617. The van der Waals surface area contributed by atoms with Crippen molar-refractivity contribution in [2.24, 2.45) is 22.2 Å². The Morgan fingerprint density at radius 1 is 1.17 bits per heavy atom. The lowest BCUT2D eigenvalue weighted by molar-refractivity contribution is -0.129. The first-order chi connectivity index (χ1) is 13.7. The van der Waals surface area contributed by atoms with Crippen LogP contribution >= 0.6 is 11.3 Å². The number of aromatic nitrogens is 1. The number of hydrogen-bond acceptors (Lipinski definition) is 5. The van der Waals surface area contributed by atoms with E-state index in [-0.39, 0.29) is 28.8 Å². The first-order valence-corrected chi connectivity index (χ1v) is 11.2. The number of rotatable bonds is 7. The Morgan fingerprint density at radius 2 is 1.86 bits per heavy atom. The monoisotopic (exact) mass is 410 g/mol. The van der Waals surface area contributed by atoms with Crippen molar-refractivity contribution in [2.75, 3.05) is 0 Å². The largest absolute Gasteiger partial charge is 0.299 e.